The van der Waals surface area contributed by atoms with E-state index in [-0.39, 0.29) is 5.69 Å². The van der Waals surface area contributed by atoms with Gasteiger partial charge in [0.2, 0.25) is 5.95 Å². The molecular weight excluding hydrogens is 308 g/mol. The van der Waals surface area contributed by atoms with Crippen LogP contribution < -0.4 is 9.80 Å². The van der Waals surface area contributed by atoms with Gasteiger partial charge in [-0.25, -0.2) is 9.97 Å². The lowest BCUT2D eigenvalue weighted by molar-refractivity contribution is -0.385. The zero-order chi connectivity index (χ0) is 17.1. The van der Waals surface area contributed by atoms with Crippen molar-refractivity contribution in [1.29, 1.82) is 5.26 Å². The van der Waals surface area contributed by atoms with Gasteiger partial charge in [-0.3, -0.25) is 10.1 Å². The lowest BCUT2D eigenvalue weighted by atomic mass is 10.1. The number of nitro groups is 1. The number of aromatic nitrogens is 2. The van der Waals surface area contributed by atoms with Gasteiger partial charge >= 0.3 is 0 Å². The predicted molar refractivity (Wildman–Crippen MR) is 89.0 cm³/mol. The van der Waals surface area contributed by atoms with E-state index in [1.54, 1.807) is 31.5 Å². The van der Waals surface area contributed by atoms with E-state index >= 15 is 0 Å². The molecule has 24 heavy (non-hydrogen) atoms. The van der Waals surface area contributed by atoms with Crippen molar-refractivity contribution in [3.63, 3.8) is 0 Å². The Morgan fingerprint density at radius 1 is 1.17 bits per heavy atom. The van der Waals surface area contributed by atoms with Crippen molar-refractivity contribution in [3.8, 4) is 6.07 Å². The van der Waals surface area contributed by atoms with Crippen LogP contribution in [-0.4, -0.2) is 41.1 Å². The molecule has 2 aromatic rings. The molecule has 0 aliphatic carbocycles. The van der Waals surface area contributed by atoms with Crippen LogP contribution in [0.3, 0.4) is 0 Å². The molecule has 1 saturated heterocycles. The number of piperazine rings is 1. The number of nitrogens with zero attached hydrogens (tertiary/aromatic N) is 6. The van der Waals surface area contributed by atoms with E-state index in [0.717, 1.165) is 5.69 Å². The molecule has 3 rings (SSSR count). The van der Waals surface area contributed by atoms with Crippen LogP contribution in [0.2, 0.25) is 0 Å². The average Bonchev–Trinajstić information content (AvgIpc) is 2.62. The highest BCUT2D eigenvalue weighted by atomic mass is 16.6. The SMILES string of the molecule is Cc1c(N2CCN(c3ncccn3)CC2)cc(C#N)cc1[N+](=O)[O-]. The summed E-state index contributed by atoms with van der Waals surface area (Å²) in [5.74, 6) is 0.686. The Bertz CT molecular complexity index is 794. The summed E-state index contributed by atoms with van der Waals surface area (Å²) in [6.07, 6.45) is 3.41. The molecule has 8 heteroatoms. The fourth-order valence-electron chi connectivity index (χ4n) is 2.87. The van der Waals surface area contributed by atoms with E-state index in [4.69, 9.17) is 5.26 Å². The van der Waals surface area contributed by atoms with Gasteiger partial charge in [0.15, 0.2) is 0 Å². The topological polar surface area (TPSA) is 99.2 Å². The van der Waals surface area contributed by atoms with Crippen LogP contribution in [0.15, 0.2) is 30.6 Å². The summed E-state index contributed by atoms with van der Waals surface area (Å²) in [6, 6.07) is 6.82. The van der Waals surface area contributed by atoms with Gasteiger partial charge in [0.05, 0.1) is 22.1 Å². The first kappa shape index (κ1) is 15.7. The van der Waals surface area contributed by atoms with E-state index in [9.17, 15) is 10.1 Å². The van der Waals surface area contributed by atoms with Gasteiger partial charge in [-0.05, 0) is 19.1 Å². The number of anilines is 2. The highest BCUT2D eigenvalue weighted by Crippen LogP contribution is 2.31. The monoisotopic (exact) mass is 324 g/mol. The van der Waals surface area contributed by atoms with Crippen molar-refractivity contribution < 1.29 is 4.92 Å². The molecule has 0 unspecified atom stereocenters. The Morgan fingerprint density at radius 2 is 1.79 bits per heavy atom. The summed E-state index contributed by atoms with van der Waals surface area (Å²) in [6.45, 7) is 4.53. The molecule has 1 aliphatic rings. The second-order valence-electron chi connectivity index (χ2n) is 5.53. The van der Waals surface area contributed by atoms with Crippen molar-refractivity contribution in [2.24, 2.45) is 0 Å². The third-order valence-corrected chi connectivity index (χ3v) is 4.13. The lowest BCUT2D eigenvalue weighted by Crippen LogP contribution is -2.47. The fraction of sp³-hybridized carbons (Fsp3) is 0.312. The predicted octanol–water partition coefficient (Wildman–Crippen LogP) is 1.89. The van der Waals surface area contributed by atoms with Gasteiger partial charge in [-0.2, -0.15) is 5.26 Å². The molecule has 1 aromatic carbocycles. The fourth-order valence-corrected chi connectivity index (χ4v) is 2.87. The van der Waals surface area contributed by atoms with E-state index in [1.165, 1.54) is 6.07 Å². The van der Waals surface area contributed by atoms with Crippen LogP contribution in [-0.2, 0) is 0 Å². The summed E-state index contributed by atoms with van der Waals surface area (Å²) in [4.78, 5) is 23.4. The third-order valence-electron chi connectivity index (χ3n) is 4.13. The molecule has 0 spiro atoms. The molecule has 0 amide bonds. The number of nitriles is 1. The Labute approximate surface area is 139 Å². The maximum Gasteiger partial charge on any atom is 0.275 e. The largest absolute Gasteiger partial charge is 0.368 e. The van der Waals surface area contributed by atoms with Crippen LogP contribution in [0.4, 0.5) is 17.3 Å². The minimum Gasteiger partial charge on any atom is -0.368 e. The Morgan fingerprint density at radius 3 is 2.38 bits per heavy atom. The van der Waals surface area contributed by atoms with Gasteiger partial charge in [0.1, 0.15) is 0 Å². The summed E-state index contributed by atoms with van der Waals surface area (Å²) >= 11 is 0. The van der Waals surface area contributed by atoms with E-state index in [2.05, 4.69) is 19.8 Å². The smallest absolute Gasteiger partial charge is 0.275 e. The minimum atomic E-state index is -0.437. The molecule has 8 nitrogen and oxygen atoms in total. The molecule has 0 atom stereocenters. The van der Waals surface area contributed by atoms with Crippen LogP contribution in [0.25, 0.3) is 0 Å². The number of hydrogen-bond donors (Lipinski definition) is 0. The Kier molecular flexibility index (Phi) is 4.24. The zero-order valence-electron chi connectivity index (χ0n) is 13.2. The lowest BCUT2D eigenvalue weighted by Gasteiger charge is -2.36. The summed E-state index contributed by atoms with van der Waals surface area (Å²) < 4.78 is 0. The molecule has 1 aromatic heterocycles. The van der Waals surface area contributed by atoms with Gasteiger partial charge in [-0.1, -0.05) is 0 Å². The van der Waals surface area contributed by atoms with Crippen LogP contribution in [0.5, 0.6) is 0 Å². The molecule has 0 N–H and O–H groups in total. The maximum absolute atomic E-state index is 11.2. The van der Waals surface area contributed by atoms with Crippen LogP contribution >= 0.6 is 0 Å². The molecular formula is C16H16N6O2. The van der Waals surface area contributed by atoms with Crippen molar-refractivity contribution >= 4 is 17.3 Å². The number of rotatable bonds is 3. The second kappa shape index (κ2) is 6.50. The number of benzene rings is 1. The van der Waals surface area contributed by atoms with Gasteiger partial charge in [0.25, 0.3) is 5.69 Å². The molecule has 0 bridgehead atoms. The molecule has 122 valence electrons. The third kappa shape index (κ3) is 2.96. The standard InChI is InChI=1S/C16H16N6O2/c1-12-14(9-13(11-17)10-15(12)22(23)24)20-5-7-21(8-6-20)16-18-3-2-4-19-16/h2-4,9-10H,5-8H2,1H3. The van der Waals surface area contributed by atoms with E-state index in [0.29, 0.717) is 43.3 Å². The molecule has 0 saturated carbocycles. The summed E-state index contributed by atoms with van der Waals surface area (Å²) in [7, 11) is 0. The molecule has 1 aliphatic heterocycles. The second-order valence-corrected chi connectivity index (χ2v) is 5.53. The first-order valence-corrected chi connectivity index (χ1v) is 7.56. The Hall–Kier alpha value is -3.21. The first-order chi connectivity index (χ1) is 11.6. The van der Waals surface area contributed by atoms with Crippen molar-refractivity contribution in [1.82, 2.24) is 9.97 Å². The number of hydrogen-bond acceptors (Lipinski definition) is 7. The van der Waals surface area contributed by atoms with Crippen molar-refractivity contribution in [3.05, 3.63) is 51.8 Å². The van der Waals surface area contributed by atoms with Gasteiger partial charge in [0, 0.05) is 50.3 Å². The molecule has 0 radical (unpaired) electrons. The van der Waals surface area contributed by atoms with Crippen LogP contribution in [0.1, 0.15) is 11.1 Å². The number of nitro benzene ring substituents is 1. The van der Waals surface area contributed by atoms with Crippen LogP contribution in [0, 0.1) is 28.4 Å². The van der Waals surface area contributed by atoms with E-state index in [1.807, 2.05) is 6.07 Å². The zero-order valence-corrected chi connectivity index (χ0v) is 13.2. The highest BCUT2D eigenvalue weighted by Gasteiger charge is 2.24. The summed E-state index contributed by atoms with van der Waals surface area (Å²) in [5, 5.41) is 20.3. The highest BCUT2D eigenvalue weighted by molar-refractivity contribution is 5.65. The maximum atomic E-state index is 11.2. The van der Waals surface area contributed by atoms with E-state index < -0.39 is 4.92 Å². The average molecular weight is 324 g/mol. The van der Waals surface area contributed by atoms with Crippen molar-refractivity contribution in [2.45, 2.75) is 6.92 Å². The molecule has 1 fully saturated rings. The quantitative estimate of drug-likeness (QED) is 0.628. The van der Waals surface area contributed by atoms with Crippen molar-refractivity contribution in [2.75, 3.05) is 36.0 Å². The summed E-state index contributed by atoms with van der Waals surface area (Å²) in [5.41, 5.74) is 1.62. The molecule has 2 heterocycles. The minimum absolute atomic E-state index is 0.0159. The van der Waals surface area contributed by atoms with Gasteiger partial charge in [-0.15, -0.1) is 0 Å². The Balaban J connectivity index is 1.83. The normalized spacial score (nSPS) is 14.3. The first-order valence-electron chi connectivity index (χ1n) is 7.56. The van der Waals surface area contributed by atoms with Gasteiger partial charge < -0.3 is 9.80 Å².